The predicted octanol–water partition coefficient (Wildman–Crippen LogP) is 0.707. The molecule has 5 nitrogen and oxygen atoms in total. The number of rotatable bonds is 6. The van der Waals surface area contributed by atoms with Crippen molar-refractivity contribution in [1.82, 2.24) is 5.32 Å². The molecule has 2 N–H and O–H groups in total. The van der Waals surface area contributed by atoms with Crippen LogP contribution in [0.1, 0.15) is 34.1 Å². The van der Waals surface area contributed by atoms with Gasteiger partial charge in [0, 0.05) is 13.0 Å². The molecule has 0 saturated heterocycles. The maximum atomic E-state index is 11.6. The lowest BCUT2D eigenvalue weighted by Crippen LogP contribution is -2.48. The van der Waals surface area contributed by atoms with E-state index in [1.807, 2.05) is 13.8 Å². The molecule has 0 aliphatic rings. The Hall–Kier alpha value is -1.10. The third-order valence-electron chi connectivity index (χ3n) is 2.54. The predicted molar refractivity (Wildman–Crippen MR) is 64.2 cm³/mol. The van der Waals surface area contributed by atoms with Gasteiger partial charge in [0.15, 0.2) is 0 Å². The van der Waals surface area contributed by atoms with Crippen molar-refractivity contribution in [2.75, 3.05) is 7.11 Å². The normalized spacial score (nSPS) is 16.2. The third-order valence-corrected chi connectivity index (χ3v) is 2.54. The number of carbonyl (C=O) groups is 2. The van der Waals surface area contributed by atoms with Crippen LogP contribution in [-0.2, 0) is 14.3 Å². The van der Waals surface area contributed by atoms with Gasteiger partial charge in [0.2, 0.25) is 5.91 Å². The molecule has 0 fully saturated rings. The largest absolute Gasteiger partial charge is 0.469 e. The molecule has 0 bridgehead atoms. The van der Waals surface area contributed by atoms with Gasteiger partial charge in [-0.25, -0.2) is 0 Å². The summed E-state index contributed by atoms with van der Waals surface area (Å²) in [6.45, 7) is 6.90. The Morgan fingerprint density at radius 3 is 2.12 bits per heavy atom. The van der Waals surface area contributed by atoms with Crippen LogP contribution in [0.25, 0.3) is 0 Å². The van der Waals surface area contributed by atoms with Gasteiger partial charge in [0.05, 0.1) is 13.2 Å². The van der Waals surface area contributed by atoms with Crippen LogP contribution in [0.2, 0.25) is 0 Å². The van der Waals surface area contributed by atoms with Crippen LogP contribution in [0.3, 0.4) is 0 Å². The number of carbonyl (C=O) groups excluding carboxylic acids is 2. The highest BCUT2D eigenvalue weighted by atomic mass is 16.5. The minimum atomic E-state index is -0.863. The van der Waals surface area contributed by atoms with Gasteiger partial charge in [-0.15, -0.1) is 0 Å². The first-order valence-electron chi connectivity index (χ1n) is 5.82. The lowest BCUT2D eigenvalue weighted by molar-refractivity contribution is -0.151. The molecule has 0 aromatic rings. The summed E-state index contributed by atoms with van der Waals surface area (Å²) in [4.78, 5) is 22.8. The van der Waals surface area contributed by atoms with Crippen LogP contribution in [0.5, 0.6) is 0 Å². The molecule has 0 aromatic heterocycles. The van der Waals surface area contributed by atoms with Crippen LogP contribution in [0.15, 0.2) is 0 Å². The van der Waals surface area contributed by atoms with Crippen molar-refractivity contribution in [2.24, 2.45) is 11.8 Å². The SMILES string of the molecule is COC(=O)[C@@H]([C@H](CC(C)C)NC(C)=O)[C@@H](C)O. The summed E-state index contributed by atoms with van der Waals surface area (Å²) in [5, 5.41) is 12.4. The molecule has 0 aromatic carbocycles. The molecule has 0 aliphatic carbocycles. The van der Waals surface area contributed by atoms with Gasteiger partial charge in [-0.05, 0) is 19.3 Å². The summed E-state index contributed by atoms with van der Waals surface area (Å²) < 4.78 is 4.67. The molecule has 0 aliphatic heterocycles. The average Bonchev–Trinajstić information content (AvgIpc) is 2.14. The Labute approximate surface area is 103 Å². The number of aliphatic hydroxyl groups is 1. The van der Waals surface area contributed by atoms with Gasteiger partial charge < -0.3 is 15.2 Å². The van der Waals surface area contributed by atoms with Crippen LogP contribution in [0, 0.1) is 11.8 Å². The summed E-state index contributed by atoms with van der Waals surface area (Å²) in [5.41, 5.74) is 0. The maximum Gasteiger partial charge on any atom is 0.313 e. The topological polar surface area (TPSA) is 75.6 Å². The smallest absolute Gasteiger partial charge is 0.313 e. The van der Waals surface area contributed by atoms with Crippen molar-refractivity contribution in [3.8, 4) is 0 Å². The fourth-order valence-electron chi connectivity index (χ4n) is 1.90. The second-order valence-electron chi connectivity index (χ2n) is 4.73. The molecule has 1 amide bonds. The zero-order valence-electron chi connectivity index (χ0n) is 11.2. The number of amides is 1. The van der Waals surface area contributed by atoms with Crippen LogP contribution in [-0.4, -0.2) is 36.2 Å². The number of hydrogen-bond acceptors (Lipinski definition) is 4. The van der Waals surface area contributed by atoms with Gasteiger partial charge in [-0.1, -0.05) is 13.8 Å². The number of ether oxygens (including phenoxy) is 1. The second kappa shape index (κ2) is 7.27. The zero-order valence-corrected chi connectivity index (χ0v) is 11.2. The number of methoxy groups -OCH3 is 1. The highest BCUT2D eigenvalue weighted by Gasteiger charge is 2.34. The van der Waals surface area contributed by atoms with Gasteiger partial charge in [0.1, 0.15) is 5.92 Å². The monoisotopic (exact) mass is 245 g/mol. The number of nitrogens with one attached hydrogen (secondary N) is 1. The molecular weight excluding hydrogens is 222 g/mol. The minimum absolute atomic E-state index is 0.217. The van der Waals surface area contributed by atoms with E-state index >= 15 is 0 Å². The Morgan fingerprint density at radius 2 is 1.82 bits per heavy atom. The Bertz CT molecular complexity index is 263. The van der Waals surface area contributed by atoms with Crippen molar-refractivity contribution in [1.29, 1.82) is 0 Å². The van der Waals surface area contributed by atoms with Crippen LogP contribution in [0.4, 0.5) is 0 Å². The van der Waals surface area contributed by atoms with E-state index in [1.54, 1.807) is 0 Å². The van der Waals surface area contributed by atoms with Gasteiger partial charge >= 0.3 is 5.97 Å². The Kier molecular flexibility index (Phi) is 6.80. The summed E-state index contributed by atoms with van der Waals surface area (Å²) in [6.07, 6.45) is -0.248. The molecule has 3 atom stereocenters. The fraction of sp³-hybridized carbons (Fsp3) is 0.833. The molecule has 0 unspecified atom stereocenters. The fourth-order valence-corrected chi connectivity index (χ4v) is 1.90. The van der Waals surface area contributed by atoms with E-state index in [1.165, 1.54) is 21.0 Å². The van der Waals surface area contributed by atoms with Crippen LogP contribution < -0.4 is 5.32 Å². The number of hydrogen-bond donors (Lipinski definition) is 2. The van der Waals surface area contributed by atoms with E-state index in [2.05, 4.69) is 10.1 Å². The number of esters is 1. The molecule has 0 rings (SSSR count). The van der Waals surface area contributed by atoms with E-state index in [-0.39, 0.29) is 5.91 Å². The standard InChI is InChI=1S/C12H23NO4/c1-7(2)6-10(13-9(4)15)11(8(3)14)12(16)17-5/h7-8,10-11,14H,6H2,1-5H3,(H,13,15)/t8-,10+,11-/m1/s1. The van der Waals surface area contributed by atoms with Gasteiger partial charge in [-0.2, -0.15) is 0 Å². The first-order chi connectivity index (χ1) is 7.79. The number of aliphatic hydroxyl groups excluding tert-OH is 1. The molecule has 0 heterocycles. The Balaban J connectivity index is 4.92. The highest BCUT2D eigenvalue weighted by Crippen LogP contribution is 2.18. The lowest BCUT2D eigenvalue weighted by atomic mass is 9.88. The van der Waals surface area contributed by atoms with Crippen molar-refractivity contribution in [2.45, 2.75) is 46.3 Å². The highest BCUT2D eigenvalue weighted by molar-refractivity contribution is 5.77. The second-order valence-corrected chi connectivity index (χ2v) is 4.73. The lowest BCUT2D eigenvalue weighted by Gasteiger charge is -2.29. The quantitative estimate of drug-likeness (QED) is 0.676. The van der Waals surface area contributed by atoms with E-state index in [4.69, 9.17) is 0 Å². The van der Waals surface area contributed by atoms with Crippen molar-refractivity contribution in [3.63, 3.8) is 0 Å². The van der Waals surface area contributed by atoms with Crippen molar-refractivity contribution >= 4 is 11.9 Å². The van der Waals surface area contributed by atoms with Crippen LogP contribution >= 0.6 is 0 Å². The maximum absolute atomic E-state index is 11.6. The molecule has 0 saturated carbocycles. The summed E-state index contributed by atoms with van der Waals surface area (Å²) in [6, 6.07) is -0.403. The summed E-state index contributed by atoms with van der Waals surface area (Å²) in [7, 11) is 1.28. The van der Waals surface area contributed by atoms with E-state index in [0.717, 1.165) is 0 Å². The minimum Gasteiger partial charge on any atom is -0.469 e. The van der Waals surface area contributed by atoms with E-state index in [9.17, 15) is 14.7 Å². The average molecular weight is 245 g/mol. The van der Waals surface area contributed by atoms with Crippen molar-refractivity contribution < 1.29 is 19.4 Å². The molecule has 0 spiro atoms. The molecule has 0 radical (unpaired) electrons. The molecule has 5 heteroatoms. The van der Waals surface area contributed by atoms with E-state index in [0.29, 0.717) is 12.3 Å². The molecule has 100 valence electrons. The van der Waals surface area contributed by atoms with Crippen molar-refractivity contribution in [3.05, 3.63) is 0 Å². The van der Waals surface area contributed by atoms with E-state index < -0.39 is 24.0 Å². The first kappa shape index (κ1) is 15.9. The molecule has 17 heavy (non-hydrogen) atoms. The summed E-state index contributed by atoms with van der Waals surface area (Å²) >= 11 is 0. The zero-order chi connectivity index (χ0) is 13.6. The first-order valence-corrected chi connectivity index (χ1v) is 5.82. The molecular formula is C12H23NO4. The van der Waals surface area contributed by atoms with Gasteiger partial charge in [-0.3, -0.25) is 9.59 Å². The third kappa shape index (κ3) is 5.68. The van der Waals surface area contributed by atoms with Gasteiger partial charge in [0.25, 0.3) is 0 Å². The summed E-state index contributed by atoms with van der Waals surface area (Å²) in [5.74, 6) is -1.14. The Morgan fingerprint density at radius 1 is 1.29 bits per heavy atom.